The number of hydrogen-bond donors (Lipinski definition) is 1. The minimum Gasteiger partial charge on any atom is -0.390 e. The fraction of sp³-hybridized carbons (Fsp3) is 1.00. The van der Waals surface area contributed by atoms with Gasteiger partial charge in [0.25, 0.3) is 0 Å². The lowest BCUT2D eigenvalue weighted by Gasteiger charge is -2.44. The average Bonchev–Trinajstić information content (AvgIpc) is 2.63. The van der Waals surface area contributed by atoms with Gasteiger partial charge in [0.1, 0.15) is 0 Å². The topological polar surface area (TPSA) is 70.1 Å². The standard InChI is InChI=1S/C13H26N2O4S/c1-13(2,15-4-6-19-7-5-15)10-14(3)11-8-20(17,18)9-12(11)16/h11-12,16H,4-10H2,1-3H3/t11-,12-/m1/s1. The van der Waals surface area contributed by atoms with Crippen molar-refractivity contribution in [2.75, 3.05) is 51.4 Å². The first-order valence-corrected chi connectivity index (χ1v) is 8.95. The van der Waals surface area contributed by atoms with Crippen LogP contribution in [-0.2, 0) is 14.6 Å². The van der Waals surface area contributed by atoms with Crippen molar-refractivity contribution in [3.63, 3.8) is 0 Å². The molecule has 2 fully saturated rings. The molecule has 0 unspecified atom stereocenters. The summed E-state index contributed by atoms with van der Waals surface area (Å²) in [5.41, 5.74) is -0.0649. The normalized spacial score (nSPS) is 31.9. The highest BCUT2D eigenvalue weighted by Crippen LogP contribution is 2.22. The van der Waals surface area contributed by atoms with E-state index in [4.69, 9.17) is 4.74 Å². The van der Waals surface area contributed by atoms with E-state index in [2.05, 4.69) is 18.7 Å². The Labute approximate surface area is 121 Å². The minimum atomic E-state index is -3.10. The fourth-order valence-electron chi connectivity index (χ4n) is 3.23. The molecule has 0 spiro atoms. The van der Waals surface area contributed by atoms with Gasteiger partial charge in [-0.05, 0) is 20.9 Å². The first-order valence-electron chi connectivity index (χ1n) is 7.13. The molecule has 20 heavy (non-hydrogen) atoms. The van der Waals surface area contributed by atoms with Gasteiger partial charge in [0.05, 0.1) is 36.9 Å². The lowest BCUT2D eigenvalue weighted by molar-refractivity contribution is -0.0273. The third-order valence-corrected chi connectivity index (χ3v) is 6.06. The smallest absolute Gasteiger partial charge is 0.154 e. The molecule has 2 rings (SSSR count). The van der Waals surface area contributed by atoms with Crippen LogP contribution in [0.15, 0.2) is 0 Å². The van der Waals surface area contributed by atoms with Crippen molar-refractivity contribution < 1.29 is 18.3 Å². The van der Waals surface area contributed by atoms with Crippen LogP contribution in [0.4, 0.5) is 0 Å². The number of sulfone groups is 1. The van der Waals surface area contributed by atoms with Crippen molar-refractivity contribution in [2.45, 2.75) is 31.5 Å². The van der Waals surface area contributed by atoms with E-state index in [1.807, 2.05) is 11.9 Å². The molecule has 0 aromatic heterocycles. The summed E-state index contributed by atoms with van der Waals surface area (Å²) in [6.45, 7) is 8.32. The van der Waals surface area contributed by atoms with Gasteiger partial charge < -0.3 is 9.84 Å². The van der Waals surface area contributed by atoms with Crippen LogP contribution in [0.25, 0.3) is 0 Å². The maximum Gasteiger partial charge on any atom is 0.154 e. The summed E-state index contributed by atoms with van der Waals surface area (Å²) in [7, 11) is -1.20. The van der Waals surface area contributed by atoms with Gasteiger partial charge in [-0.3, -0.25) is 9.80 Å². The number of morpholine rings is 1. The molecule has 0 amide bonds. The number of likely N-dealkylation sites (N-methyl/N-ethyl adjacent to an activating group) is 1. The molecule has 7 heteroatoms. The van der Waals surface area contributed by atoms with Crippen molar-refractivity contribution in [2.24, 2.45) is 0 Å². The fourth-order valence-corrected chi connectivity index (χ4v) is 5.10. The summed E-state index contributed by atoms with van der Waals surface area (Å²) in [5.74, 6) is -0.0517. The molecule has 0 bridgehead atoms. The second kappa shape index (κ2) is 5.88. The number of ether oxygens (including phenoxy) is 1. The van der Waals surface area contributed by atoms with E-state index < -0.39 is 15.9 Å². The Morgan fingerprint density at radius 3 is 2.40 bits per heavy atom. The molecule has 2 aliphatic rings. The van der Waals surface area contributed by atoms with Crippen molar-refractivity contribution in [3.05, 3.63) is 0 Å². The number of aliphatic hydroxyl groups is 1. The molecule has 2 atom stereocenters. The highest BCUT2D eigenvalue weighted by molar-refractivity contribution is 7.91. The third-order valence-electron chi connectivity index (χ3n) is 4.36. The van der Waals surface area contributed by atoms with E-state index in [1.165, 1.54) is 0 Å². The van der Waals surface area contributed by atoms with Crippen LogP contribution in [0.3, 0.4) is 0 Å². The van der Waals surface area contributed by atoms with Crippen LogP contribution in [0.1, 0.15) is 13.8 Å². The number of rotatable bonds is 4. The molecule has 0 aromatic carbocycles. The molecule has 2 saturated heterocycles. The van der Waals surface area contributed by atoms with E-state index in [1.54, 1.807) is 0 Å². The molecule has 6 nitrogen and oxygen atoms in total. The van der Waals surface area contributed by atoms with E-state index >= 15 is 0 Å². The van der Waals surface area contributed by atoms with Gasteiger partial charge in [0, 0.05) is 25.2 Å². The Hall–Kier alpha value is -0.210. The van der Waals surface area contributed by atoms with Crippen LogP contribution >= 0.6 is 0 Å². The first-order chi connectivity index (χ1) is 9.21. The Bertz CT molecular complexity index is 432. The molecular weight excluding hydrogens is 280 g/mol. The SMILES string of the molecule is CN(CC(C)(C)N1CCOCC1)[C@@H]1CS(=O)(=O)C[C@H]1O. The maximum absolute atomic E-state index is 11.6. The summed E-state index contributed by atoms with van der Waals surface area (Å²) in [6, 6.07) is -0.291. The Kier molecular flexibility index (Phi) is 4.76. The number of hydrogen-bond acceptors (Lipinski definition) is 6. The number of aliphatic hydroxyl groups excluding tert-OH is 1. The van der Waals surface area contributed by atoms with E-state index in [9.17, 15) is 13.5 Å². The summed E-state index contributed by atoms with van der Waals surface area (Å²) >= 11 is 0. The summed E-state index contributed by atoms with van der Waals surface area (Å²) in [5, 5.41) is 9.95. The largest absolute Gasteiger partial charge is 0.390 e. The summed E-state index contributed by atoms with van der Waals surface area (Å²) in [4.78, 5) is 4.35. The van der Waals surface area contributed by atoms with E-state index in [0.717, 1.165) is 32.8 Å². The molecule has 2 heterocycles. The van der Waals surface area contributed by atoms with E-state index in [-0.39, 0.29) is 23.1 Å². The number of nitrogens with zero attached hydrogens (tertiary/aromatic N) is 2. The predicted octanol–water partition coefficient (Wildman–Crippen LogP) is -0.813. The van der Waals surface area contributed by atoms with Crippen LogP contribution in [0, 0.1) is 0 Å². The van der Waals surface area contributed by atoms with Gasteiger partial charge in [-0.15, -0.1) is 0 Å². The molecule has 2 aliphatic heterocycles. The van der Waals surface area contributed by atoms with Crippen LogP contribution < -0.4 is 0 Å². The van der Waals surface area contributed by atoms with Gasteiger partial charge in [0.2, 0.25) is 0 Å². The Balaban J connectivity index is 1.97. The molecular formula is C13H26N2O4S. The highest BCUT2D eigenvalue weighted by atomic mass is 32.2. The van der Waals surface area contributed by atoms with Gasteiger partial charge in [-0.1, -0.05) is 0 Å². The third kappa shape index (κ3) is 3.71. The quantitative estimate of drug-likeness (QED) is 0.732. The highest BCUT2D eigenvalue weighted by Gasteiger charge is 2.41. The predicted molar refractivity (Wildman–Crippen MR) is 77.5 cm³/mol. The molecule has 0 aliphatic carbocycles. The second-order valence-corrected chi connectivity index (χ2v) is 8.69. The lowest BCUT2D eigenvalue weighted by Crippen LogP contribution is -2.57. The molecule has 118 valence electrons. The minimum absolute atomic E-state index is 0.0594. The first kappa shape index (κ1) is 16.2. The summed E-state index contributed by atoms with van der Waals surface area (Å²) in [6.07, 6.45) is -0.773. The zero-order chi connectivity index (χ0) is 15.0. The van der Waals surface area contributed by atoms with E-state index in [0.29, 0.717) is 0 Å². The van der Waals surface area contributed by atoms with Gasteiger partial charge >= 0.3 is 0 Å². The molecule has 0 radical (unpaired) electrons. The molecule has 0 aromatic rings. The van der Waals surface area contributed by atoms with Crippen molar-refractivity contribution in [1.29, 1.82) is 0 Å². The Morgan fingerprint density at radius 1 is 1.30 bits per heavy atom. The zero-order valence-corrected chi connectivity index (χ0v) is 13.4. The van der Waals surface area contributed by atoms with Crippen LogP contribution in [0.2, 0.25) is 0 Å². The van der Waals surface area contributed by atoms with Crippen molar-refractivity contribution >= 4 is 9.84 Å². The lowest BCUT2D eigenvalue weighted by atomic mass is 10.00. The second-order valence-electron chi connectivity index (χ2n) is 6.54. The van der Waals surface area contributed by atoms with Crippen molar-refractivity contribution in [3.8, 4) is 0 Å². The molecule has 1 N–H and O–H groups in total. The average molecular weight is 306 g/mol. The van der Waals surface area contributed by atoms with Crippen LogP contribution in [-0.4, -0.2) is 92.4 Å². The van der Waals surface area contributed by atoms with Gasteiger partial charge in [-0.25, -0.2) is 8.42 Å². The van der Waals surface area contributed by atoms with Gasteiger partial charge in [0.15, 0.2) is 9.84 Å². The van der Waals surface area contributed by atoms with Gasteiger partial charge in [-0.2, -0.15) is 0 Å². The van der Waals surface area contributed by atoms with Crippen molar-refractivity contribution in [1.82, 2.24) is 9.80 Å². The molecule has 0 saturated carbocycles. The maximum atomic E-state index is 11.6. The monoisotopic (exact) mass is 306 g/mol. The summed E-state index contributed by atoms with van der Waals surface area (Å²) < 4.78 is 28.6. The Morgan fingerprint density at radius 2 is 1.90 bits per heavy atom. The zero-order valence-electron chi connectivity index (χ0n) is 12.6. The van der Waals surface area contributed by atoms with Crippen LogP contribution in [0.5, 0.6) is 0 Å².